The predicted molar refractivity (Wildman–Crippen MR) is 165 cm³/mol. The number of para-hydroxylation sites is 1. The molecule has 0 radical (unpaired) electrons. The molecular weight excluding hydrogens is 539 g/mol. The van der Waals surface area contributed by atoms with E-state index in [1.165, 1.54) is 4.90 Å². The van der Waals surface area contributed by atoms with Crippen molar-refractivity contribution in [1.29, 1.82) is 0 Å². The van der Waals surface area contributed by atoms with Crippen LogP contribution in [0.4, 0.5) is 10.5 Å². The van der Waals surface area contributed by atoms with E-state index in [0.717, 1.165) is 5.56 Å². The SMILES string of the molecule is CCCC(NC(=O)NC(C)C)P(=O)(O)CN(C(=O)CCCc1ccccc1)[C@@H](CC(C)C)C(=O)Nc1ccccc1. The van der Waals surface area contributed by atoms with E-state index in [4.69, 9.17) is 0 Å². The van der Waals surface area contributed by atoms with Crippen molar-refractivity contribution in [3.63, 3.8) is 0 Å². The second kappa shape index (κ2) is 16.9. The third kappa shape index (κ3) is 12.1. The molecule has 226 valence electrons. The molecule has 41 heavy (non-hydrogen) atoms. The standard InChI is InChI=1S/C31H47N4O5P/c1-6-14-28(34-31(38)32-24(4)5)41(39,40)22-35(29(36)20-13-17-25-15-9-7-10-16-25)27(21-23(2)3)30(37)33-26-18-11-8-12-19-26/h7-12,15-16,18-19,23-24,27-28H,6,13-14,17,20-22H2,1-5H3,(H,33,37)(H,39,40)(H2,32,34,38)/t27-,28?/m0/s1. The number of hydrogen-bond donors (Lipinski definition) is 4. The second-order valence-electron chi connectivity index (χ2n) is 11.2. The molecule has 0 bridgehead atoms. The first-order valence-corrected chi connectivity index (χ1v) is 16.4. The third-order valence-corrected chi connectivity index (χ3v) is 8.63. The molecule has 0 saturated heterocycles. The number of benzene rings is 2. The van der Waals surface area contributed by atoms with Crippen molar-refractivity contribution < 1.29 is 23.8 Å². The second-order valence-corrected chi connectivity index (χ2v) is 13.6. The van der Waals surface area contributed by atoms with Gasteiger partial charge < -0.3 is 25.7 Å². The van der Waals surface area contributed by atoms with E-state index < -0.39 is 37.4 Å². The first-order chi connectivity index (χ1) is 19.4. The predicted octanol–water partition coefficient (Wildman–Crippen LogP) is 5.95. The van der Waals surface area contributed by atoms with E-state index in [-0.39, 0.29) is 30.7 Å². The van der Waals surface area contributed by atoms with Gasteiger partial charge in [0.1, 0.15) is 11.8 Å². The highest BCUT2D eigenvalue weighted by Gasteiger charge is 2.39. The Morgan fingerprint density at radius 3 is 2.10 bits per heavy atom. The maximum Gasteiger partial charge on any atom is 0.315 e. The van der Waals surface area contributed by atoms with Gasteiger partial charge in [-0.1, -0.05) is 75.7 Å². The summed E-state index contributed by atoms with van der Waals surface area (Å²) in [5.41, 5.74) is 1.66. The molecule has 2 unspecified atom stereocenters. The molecule has 0 saturated carbocycles. The van der Waals surface area contributed by atoms with Gasteiger partial charge in [0.2, 0.25) is 19.2 Å². The molecule has 0 aromatic heterocycles. The van der Waals surface area contributed by atoms with Gasteiger partial charge >= 0.3 is 6.03 Å². The Balaban J connectivity index is 2.37. The lowest BCUT2D eigenvalue weighted by molar-refractivity contribution is -0.138. The normalized spacial score (nSPS) is 14.1. The number of anilines is 1. The van der Waals surface area contributed by atoms with Gasteiger partial charge in [-0.25, -0.2) is 4.79 Å². The summed E-state index contributed by atoms with van der Waals surface area (Å²) < 4.78 is 13.9. The van der Waals surface area contributed by atoms with Crippen LogP contribution in [0.5, 0.6) is 0 Å². The van der Waals surface area contributed by atoms with Crippen molar-refractivity contribution >= 4 is 30.9 Å². The Hall–Kier alpha value is -3.16. The zero-order chi connectivity index (χ0) is 30.4. The van der Waals surface area contributed by atoms with E-state index in [1.54, 1.807) is 38.1 Å². The van der Waals surface area contributed by atoms with Crippen LogP contribution in [-0.2, 0) is 20.6 Å². The van der Waals surface area contributed by atoms with Gasteiger partial charge in [-0.15, -0.1) is 0 Å². The number of urea groups is 1. The molecule has 4 N–H and O–H groups in total. The Labute approximate surface area is 244 Å². The van der Waals surface area contributed by atoms with Crippen LogP contribution in [0.15, 0.2) is 60.7 Å². The monoisotopic (exact) mass is 586 g/mol. The van der Waals surface area contributed by atoms with Crippen molar-refractivity contribution in [1.82, 2.24) is 15.5 Å². The fourth-order valence-corrected chi connectivity index (χ4v) is 6.54. The van der Waals surface area contributed by atoms with Gasteiger partial charge in [0, 0.05) is 18.2 Å². The lowest BCUT2D eigenvalue weighted by Gasteiger charge is -2.35. The van der Waals surface area contributed by atoms with Crippen LogP contribution in [-0.4, -0.2) is 51.8 Å². The molecule has 2 rings (SSSR count). The highest BCUT2D eigenvalue weighted by Crippen LogP contribution is 2.48. The Morgan fingerprint density at radius 2 is 1.54 bits per heavy atom. The average Bonchev–Trinajstić information content (AvgIpc) is 2.91. The number of carbonyl (C=O) groups is 3. The summed E-state index contributed by atoms with van der Waals surface area (Å²) >= 11 is 0. The smallest absolute Gasteiger partial charge is 0.315 e. The van der Waals surface area contributed by atoms with E-state index in [2.05, 4.69) is 16.0 Å². The molecule has 3 atom stereocenters. The molecule has 0 heterocycles. The summed E-state index contributed by atoms with van der Waals surface area (Å²) in [4.78, 5) is 52.5. The van der Waals surface area contributed by atoms with Crippen molar-refractivity contribution in [2.45, 2.75) is 91.0 Å². The molecule has 0 aliphatic carbocycles. The molecule has 4 amide bonds. The van der Waals surface area contributed by atoms with Gasteiger partial charge in [-0.05, 0) is 63.1 Å². The molecule has 0 fully saturated rings. The summed E-state index contributed by atoms with van der Waals surface area (Å²) in [6.07, 6.45) is 1.87. The summed E-state index contributed by atoms with van der Waals surface area (Å²) in [7, 11) is -4.18. The minimum atomic E-state index is -4.18. The number of hydrogen-bond acceptors (Lipinski definition) is 4. The number of carbonyl (C=O) groups excluding carboxylic acids is 3. The van der Waals surface area contributed by atoms with Crippen molar-refractivity contribution in [3.8, 4) is 0 Å². The highest BCUT2D eigenvalue weighted by atomic mass is 31.2. The highest BCUT2D eigenvalue weighted by molar-refractivity contribution is 7.58. The van der Waals surface area contributed by atoms with Crippen molar-refractivity contribution in [2.75, 3.05) is 11.6 Å². The van der Waals surface area contributed by atoms with Crippen LogP contribution in [0.3, 0.4) is 0 Å². The van der Waals surface area contributed by atoms with Crippen LogP contribution in [0.25, 0.3) is 0 Å². The Bertz CT molecular complexity index is 1140. The number of aryl methyl sites for hydroxylation is 1. The summed E-state index contributed by atoms with van der Waals surface area (Å²) in [5, 5.41) is 8.21. The molecule has 0 aliphatic heterocycles. The molecule has 2 aromatic carbocycles. The van der Waals surface area contributed by atoms with E-state index in [0.29, 0.717) is 31.4 Å². The Kier molecular flexibility index (Phi) is 14.1. The maximum absolute atomic E-state index is 13.9. The largest absolute Gasteiger partial charge is 0.342 e. The third-order valence-electron chi connectivity index (χ3n) is 6.56. The van der Waals surface area contributed by atoms with E-state index in [1.807, 2.05) is 57.2 Å². The van der Waals surface area contributed by atoms with Crippen molar-refractivity contribution in [2.24, 2.45) is 5.92 Å². The molecule has 0 aliphatic rings. The van der Waals surface area contributed by atoms with Crippen LogP contribution in [0.1, 0.15) is 72.3 Å². The molecule has 0 spiro atoms. The van der Waals surface area contributed by atoms with Crippen LogP contribution < -0.4 is 16.0 Å². The number of nitrogens with one attached hydrogen (secondary N) is 3. The topological polar surface area (TPSA) is 128 Å². The fraction of sp³-hybridized carbons (Fsp3) is 0.516. The minimum absolute atomic E-state index is 0.0283. The molecular formula is C31H47N4O5P. The quantitative estimate of drug-likeness (QED) is 0.181. The van der Waals surface area contributed by atoms with Gasteiger partial charge in [-0.2, -0.15) is 0 Å². The lowest BCUT2D eigenvalue weighted by atomic mass is 10.0. The Morgan fingerprint density at radius 1 is 0.927 bits per heavy atom. The number of rotatable bonds is 16. The maximum atomic E-state index is 13.9. The fourth-order valence-electron chi connectivity index (χ4n) is 4.57. The molecule has 10 heteroatoms. The van der Waals surface area contributed by atoms with Crippen LogP contribution in [0.2, 0.25) is 0 Å². The molecule has 2 aromatic rings. The number of nitrogens with zero attached hydrogens (tertiary/aromatic N) is 1. The van der Waals surface area contributed by atoms with Gasteiger partial charge in [0.25, 0.3) is 0 Å². The van der Waals surface area contributed by atoms with Gasteiger partial charge in [0.05, 0.1) is 6.29 Å². The first-order valence-electron chi connectivity index (χ1n) is 14.5. The average molecular weight is 587 g/mol. The van der Waals surface area contributed by atoms with Gasteiger partial charge in [0.15, 0.2) is 0 Å². The van der Waals surface area contributed by atoms with Crippen LogP contribution in [0, 0.1) is 5.92 Å². The first kappa shape index (κ1) is 34.0. The molecule has 9 nitrogen and oxygen atoms in total. The summed E-state index contributed by atoms with van der Waals surface area (Å²) in [5.74, 6) is -1.83. The van der Waals surface area contributed by atoms with E-state index >= 15 is 0 Å². The zero-order valence-electron chi connectivity index (χ0n) is 25.0. The van der Waals surface area contributed by atoms with Crippen molar-refractivity contribution in [3.05, 3.63) is 66.2 Å². The van der Waals surface area contributed by atoms with E-state index in [9.17, 15) is 23.8 Å². The minimum Gasteiger partial charge on any atom is -0.342 e. The lowest BCUT2D eigenvalue weighted by Crippen LogP contribution is -2.50. The van der Waals surface area contributed by atoms with Gasteiger partial charge in [-0.3, -0.25) is 14.2 Å². The van der Waals surface area contributed by atoms with Crippen LogP contribution >= 0.6 is 7.37 Å². The number of amides is 4. The summed E-state index contributed by atoms with van der Waals surface area (Å²) in [6, 6.07) is 17.0. The zero-order valence-corrected chi connectivity index (χ0v) is 25.9. The summed E-state index contributed by atoms with van der Waals surface area (Å²) in [6.45, 7) is 9.33.